The van der Waals surface area contributed by atoms with Gasteiger partial charge in [-0.2, -0.15) is 8.78 Å². The van der Waals surface area contributed by atoms with E-state index in [2.05, 4.69) is 4.98 Å². The summed E-state index contributed by atoms with van der Waals surface area (Å²) in [6, 6.07) is 2.70. The molecule has 2 aliphatic rings. The molecular formula is C11H10ClF2NO2. The third kappa shape index (κ3) is 1.64. The fraction of sp³-hybridized carbons (Fsp3) is 0.545. The molecule has 0 aromatic carbocycles. The number of pyridine rings is 1. The van der Waals surface area contributed by atoms with Crippen molar-refractivity contribution in [3.8, 4) is 0 Å². The Morgan fingerprint density at radius 3 is 2.82 bits per heavy atom. The van der Waals surface area contributed by atoms with Crippen molar-refractivity contribution in [3.05, 3.63) is 28.5 Å². The number of halogens is 3. The van der Waals surface area contributed by atoms with E-state index in [4.69, 9.17) is 21.1 Å². The fourth-order valence-electron chi connectivity index (χ4n) is 2.30. The van der Waals surface area contributed by atoms with Crippen LogP contribution in [0, 0.1) is 0 Å². The number of ether oxygens (including phenoxy) is 2. The van der Waals surface area contributed by atoms with E-state index in [1.807, 2.05) is 0 Å². The number of nitrogens with zero attached hydrogens (tertiary/aromatic N) is 1. The van der Waals surface area contributed by atoms with Gasteiger partial charge in [0, 0.05) is 18.6 Å². The molecule has 3 nitrogen and oxygen atoms in total. The van der Waals surface area contributed by atoms with E-state index in [9.17, 15) is 8.78 Å². The molecule has 0 bridgehead atoms. The lowest BCUT2D eigenvalue weighted by Gasteiger charge is -2.37. The van der Waals surface area contributed by atoms with Crippen molar-refractivity contribution in [3.63, 3.8) is 0 Å². The summed E-state index contributed by atoms with van der Waals surface area (Å²) in [5.41, 5.74) is -0.723. The number of aromatic nitrogens is 1. The molecule has 1 spiro atoms. The van der Waals surface area contributed by atoms with Gasteiger partial charge >= 0.3 is 0 Å². The van der Waals surface area contributed by atoms with Crippen LogP contribution in [0.2, 0.25) is 5.15 Å². The van der Waals surface area contributed by atoms with Crippen molar-refractivity contribution >= 4 is 11.6 Å². The second-order valence-corrected chi connectivity index (χ2v) is 4.71. The van der Waals surface area contributed by atoms with Crippen LogP contribution in [-0.2, 0) is 21.0 Å². The van der Waals surface area contributed by atoms with E-state index >= 15 is 0 Å². The molecule has 0 aliphatic carbocycles. The lowest BCUT2D eigenvalue weighted by Crippen LogP contribution is -2.43. The molecule has 1 saturated heterocycles. The molecule has 1 aromatic heterocycles. The number of hydrogen-bond donors (Lipinski definition) is 0. The first-order valence-corrected chi connectivity index (χ1v) is 5.68. The smallest absolute Gasteiger partial charge is 0.297 e. The zero-order valence-corrected chi connectivity index (χ0v) is 9.64. The summed E-state index contributed by atoms with van der Waals surface area (Å²) >= 11 is 5.78. The van der Waals surface area contributed by atoms with Gasteiger partial charge in [-0.1, -0.05) is 11.6 Å². The highest BCUT2D eigenvalue weighted by atomic mass is 35.5. The van der Waals surface area contributed by atoms with Crippen molar-refractivity contribution in [2.45, 2.75) is 17.9 Å². The van der Waals surface area contributed by atoms with Crippen LogP contribution < -0.4 is 0 Å². The monoisotopic (exact) mass is 261 g/mol. The van der Waals surface area contributed by atoms with E-state index in [1.165, 1.54) is 12.1 Å². The van der Waals surface area contributed by atoms with Crippen LogP contribution >= 0.6 is 11.6 Å². The third-order valence-corrected chi connectivity index (χ3v) is 3.41. The largest absolute Gasteiger partial charge is 0.378 e. The zero-order valence-electron chi connectivity index (χ0n) is 8.88. The average Bonchev–Trinajstić information content (AvgIpc) is 2.74. The van der Waals surface area contributed by atoms with Gasteiger partial charge in [0.2, 0.25) is 0 Å². The van der Waals surface area contributed by atoms with Crippen molar-refractivity contribution in [2.24, 2.45) is 0 Å². The number of alkyl halides is 2. The lowest BCUT2D eigenvalue weighted by atomic mass is 9.89. The summed E-state index contributed by atoms with van der Waals surface area (Å²) in [4.78, 5) is 4.03. The molecule has 92 valence electrons. The summed E-state index contributed by atoms with van der Waals surface area (Å²) in [6.07, 6.45) is 0.531. The maximum atomic E-state index is 13.7. The fourth-order valence-corrected chi connectivity index (χ4v) is 2.45. The molecule has 2 aliphatic heterocycles. The molecule has 1 atom stereocenters. The summed E-state index contributed by atoms with van der Waals surface area (Å²) < 4.78 is 38.0. The normalized spacial score (nSPS) is 30.5. The molecule has 3 heterocycles. The van der Waals surface area contributed by atoms with Crippen LogP contribution in [-0.4, -0.2) is 24.8 Å². The van der Waals surface area contributed by atoms with Crippen LogP contribution in [0.5, 0.6) is 0 Å². The van der Waals surface area contributed by atoms with Gasteiger partial charge in [-0.25, -0.2) is 4.98 Å². The first-order valence-electron chi connectivity index (χ1n) is 5.31. The van der Waals surface area contributed by atoms with Gasteiger partial charge in [0.25, 0.3) is 5.92 Å². The Kier molecular flexibility index (Phi) is 2.40. The molecular weight excluding hydrogens is 252 g/mol. The molecule has 0 N–H and O–H groups in total. The number of rotatable bonds is 0. The Morgan fingerprint density at radius 2 is 2.12 bits per heavy atom. The molecule has 1 fully saturated rings. The average molecular weight is 262 g/mol. The number of hydrogen-bond acceptors (Lipinski definition) is 3. The lowest BCUT2D eigenvalue weighted by molar-refractivity contribution is -0.170. The highest BCUT2D eigenvalue weighted by Gasteiger charge is 2.52. The minimum Gasteiger partial charge on any atom is -0.378 e. The predicted molar refractivity (Wildman–Crippen MR) is 56.2 cm³/mol. The summed E-state index contributed by atoms with van der Waals surface area (Å²) in [5, 5.41) is 0.191. The first kappa shape index (κ1) is 11.3. The van der Waals surface area contributed by atoms with E-state index in [1.54, 1.807) is 0 Å². The molecule has 3 rings (SSSR count). The minimum absolute atomic E-state index is 0.0985. The molecule has 1 aromatic rings. The molecule has 17 heavy (non-hydrogen) atoms. The number of fused-ring (bicyclic) bond motifs is 2. The topological polar surface area (TPSA) is 31.4 Å². The van der Waals surface area contributed by atoms with Gasteiger partial charge < -0.3 is 9.47 Å². The van der Waals surface area contributed by atoms with Gasteiger partial charge in [-0.05, 0) is 12.1 Å². The van der Waals surface area contributed by atoms with Gasteiger partial charge in [0.1, 0.15) is 17.4 Å². The van der Waals surface area contributed by atoms with Gasteiger partial charge in [0.05, 0.1) is 12.3 Å². The molecule has 6 heteroatoms. The Hall–Kier alpha value is -0.780. The standard InChI is InChI=1S/C11H10ClF2NO2/c12-8-2-1-7-9(15-8)10(3-4-16-5-10)17-6-11(7,13)14/h1-2H,3-6H2. The highest BCUT2D eigenvalue weighted by molar-refractivity contribution is 6.29. The van der Waals surface area contributed by atoms with Crippen LogP contribution in [0.3, 0.4) is 0 Å². The van der Waals surface area contributed by atoms with E-state index < -0.39 is 18.1 Å². The maximum absolute atomic E-state index is 13.7. The van der Waals surface area contributed by atoms with Gasteiger partial charge in [-0.3, -0.25) is 0 Å². The van der Waals surface area contributed by atoms with Crippen molar-refractivity contribution in [2.75, 3.05) is 19.8 Å². The van der Waals surface area contributed by atoms with E-state index in [-0.39, 0.29) is 23.0 Å². The Labute approximate surface area is 102 Å². The SMILES string of the molecule is FC1(F)COC2(CCOC2)c2nc(Cl)ccc21. The first-order chi connectivity index (χ1) is 8.04. The van der Waals surface area contributed by atoms with E-state index in [0.717, 1.165) is 0 Å². The van der Waals surface area contributed by atoms with Crippen LogP contribution in [0.1, 0.15) is 17.7 Å². The maximum Gasteiger partial charge on any atom is 0.297 e. The molecule has 0 saturated carbocycles. The minimum atomic E-state index is -3.01. The second kappa shape index (κ2) is 3.60. The zero-order chi connectivity index (χ0) is 12.1. The van der Waals surface area contributed by atoms with Gasteiger partial charge in [0.15, 0.2) is 0 Å². The van der Waals surface area contributed by atoms with Gasteiger partial charge in [-0.15, -0.1) is 0 Å². The highest BCUT2D eigenvalue weighted by Crippen LogP contribution is 2.46. The Balaban J connectivity index is 2.18. The third-order valence-electron chi connectivity index (χ3n) is 3.20. The Bertz CT molecular complexity index is 461. The van der Waals surface area contributed by atoms with Crippen molar-refractivity contribution in [1.82, 2.24) is 4.98 Å². The second-order valence-electron chi connectivity index (χ2n) is 4.32. The van der Waals surface area contributed by atoms with Crippen molar-refractivity contribution < 1.29 is 18.3 Å². The Morgan fingerprint density at radius 1 is 1.29 bits per heavy atom. The summed E-state index contributed by atoms with van der Waals surface area (Å²) in [6.45, 7) is 0.106. The molecule has 1 unspecified atom stereocenters. The van der Waals surface area contributed by atoms with Crippen LogP contribution in [0.4, 0.5) is 8.78 Å². The quantitative estimate of drug-likeness (QED) is 0.673. The summed E-state index contributed by atoms with van der Waals surface area (Å²) in [5.74, 6) is -3.01. The van der Waals surface area contributed by atoms with E-state index in [0.29, 0.717) is 13.0 Å². The summed E-state index contributed by atoms with van der Waals surface area (Å²) in [7, 11) is 0. The van der Waals surface area contributed by atoms with Crippen LogP contribution in [0.25, 0.3) is 0 Å². The van der Waals surface area contributed by atoms with Crippen LogP contribution in [0.15, 0.2) is 12.1 Å². The molecule has 0 radical (unpaired) electrons. The van der Waals surface area contributed by atoms with Crippen molar-refractivity contribution in [1.29, 1.82) is 0 Å². The predicted octanol–water partition coefficient (Wildman–Crippen LogP) is 2.47. The molecule has 0 amide bonds.